The van der Waals surface area contributed by atoms with Crippen molar-refractivity contribution in [1.29, 1.82) is 0 Å². The molecular formula is C23H29N3O2. The summed E-state index contributed by atoms with van der Waals surface area (Å²) in [7, 11) is 1.71. The van der Waals surface area contributed by atoms with Crippen LogP contribution in [0.3, 0.4) is 0 Å². The Labute approximate surface area is 166 Å². The number of carbonyl (C=O) groups excluding carboxylic acids is 1. The van der Waals surface area contributed by atoms with Gasteiger partial charge in [0.2, 0.25) is 5.91 Å². The van der Waals surface area contributed by atoms with Gasteiger partial charge in [0.25, 0.3) is 0 Å². The first-order valence-corrected chi connectivity index (χ1v) is 10.5. The summed E-state index contributed by atoms with van der Waals surface area (Å²) >= 11 is 0. The van der Waals surface area contributed by atoms with Crippen LogP contribution in [0.4, 0.5) is 0 Å². The lowest BCUT2D eigenvalue weighted by Crippen LogP contribution is -2.60. The van der Waals surface area contributed by atoms with Crippen molar-refractivity contribution < 1.29 is 9.53 Å². The number of aromatic nitrogens is 1. The number of amides is 1. The zero-order valence-electron chi connectivity index (χ0n) is 16.5. The van der Waals surface area contributed by atoms with Gasteiger partial charge in [-0.1, -0.05) is 12.1 Å². The summed E-state index contributed by atoms with van der Waals surface area (Å²) in [5.41, 5.74) is 1.34. The van der Waals surface area contributed by atoms with Gasteiger partial charge >= 0.3 is 0 Å². The normalized spacial score (nSPS) is 31.0. The van der Waals surface area contributed by atoms with Crippen LogP contribution < -0.4 is 4.74 Å². The first-order chi connectivity index (χ1) is 13.7. The molecule has 4 aliphatic heterocycles. The fourth-order valence-corrected chi connectivity index (χ4v) is 5.74. The molecule has 0 radical (unpaired) electrons. The number of likely N-dealkylation sites (tertiary alicyclic amines) is 1. The number of piperidine rings is 3. The zero-order valence-corrected chi connectivity index (χ0v) is 16.5. The first-order valence-electron chi connectivity index (χ1n) is 10.5. The van der Waals surface area contributed by atoms with Gasteiger partial charge in [0.15, 0.2) is 0 Å². The molecule has 5 heteroatoms. The Kier molecular flexibility index (Phi) is 4.63. The van der Waals surface area contributed by atoms with Crippen LogP contribution in [0.2, 0.25) is 0 Å². The summed E-state index contributed by atoms with van der Waals surface area (Å²) in [6.07, 6.45) is 7.12. The highest BCUT2D eigenvalue weighted by Gasteiger charge is 2.54. The predicted molar refractivity (Wildman–Crippen MR) is 108 cm³/mol. The van der Waals surface area contributed by atoms with E-state index >= 15 is 0 Å². The maximum absolute atomic E-state index is 13.2. The Morgan fingerprint density at radius 1 is 1.07 bits per heavy atom. The minimum Gasteiger partial charge on any atom is -0.497 e. The maximum Gasteiger partial charge on any atom is 0.224 e. The Morgan fingerprint density at radius 2 is 1.79 bits per heavy atom. The van der Waals surface area contributed by atoms with E-state index in [0.29, 0.717) is 36.2 Å². The Hall–Kier alpha value is -2.27. The van der Waals surface area contributed by atoms with Crippen molar-refractivity contribution in [3.63, 3.8) is 0 Å². The van der Waals surface area contributed by atoms with E-state index in [2.05, 4.69) is 38.6 Å². The summed E-state index contributed by atoms with van der Waals surface area (Å²) < 4.78 is 7.44. The molecule has 2 bridgehead atoms. The topological polar surface area (TPSA) is 37.7 Å². The number of hydrogen-bond donors (Lipinski definition) is 0. The molecule has 28 heavy (non-hydrogen) atoms. The lowest BCUT2D eigenvalue weighted by Gasteiger charge is -2.51. The average Bonchev–Trinajstić information content (AvgIpc) is 3.42. The van der Waals surface area contributed by atoms with Gasteiger partial charge in [-0.15, -0.1) is 0 Å². The first kappa shape index (κ1) is 17.8. The van der Waals surface area contributed by atoms with E-state index < -0.39 is 0 Å². The van der Waals surface area contributed by atoms with Gasteiger partial charge in [0.05, 0.1) is 13.2 Å². The number of fused-ring (bicyclic) bond motifs is 2. The number of hydrogen-bond acceptors (Lipinski definition) is 3. The molecule has 3 atom stereocenters. The zero-order chi connectivity index (χ0) is 19.1. The van der Waals surface area contributed by atoms with Crippen LogP contribution in [-0.4, -0.2) is 59.1 Å². The van der Waals surface area contributed by atoms with E-state index in [1.165, 1.54) is 31.5 Å². The van der Waals surface area contributed by atoms with E-state index in [0.717, 1.165) is 18.8 Å². The number of carbonyl (C=O) groups is 1. The minimum atomic E-state index is 0.313. The maximum atomic E-state index is 13.2. The number of aryl methyl sites for hydroxylation is 1. The third-order valence-electron chi connectivity index (χ3n) is 7.11. The molecule has 148 valence electrons. The molecule has 0 spiro atoms. The summed E-state index contributed by atoms with van der Waals surface area (Å²) in [5.74, 6) is 2.26. The SMILES string of the molecule is COc1ccc([C@@H]2CN(C(=O)CCn3cccc3)[C@@H]3C4CCN(CC4)[C@@H]32)cc1. The second kappa shape index (κ2) is 7.28. The van der Waals surface area contributed by atoms with Crippen LogP contribution in [0.15, 0.2) is 48.8 Å². The molecule has 5 nitrogen and oxygen atoms in total. The number of benzene rings is 1. The molecule has 4 fully saturated rings. The van der Waals surface area contributed by atoms with Crippen molar-refractivity contribution in [1.82, 2.24) is 14.4 Å². The smallest absolute Gasteiger partial charge is 0.224 e. The molecule has 4 aliphatic rings. The highest BCUT2D eigenvalue weighted by Crippen LogP contribution is 2.46. The van der Waals surface area contributed by atoms with Gasteiger partial charge in [-0.3, -0.25) is 9.69 Å². The van der Waals surface area contributed by atoms with Crippen LogP contribution >= 0.6 is 0 Å². The number of nitrogens with zero attached hydrogens (tertiary/aromatic N) is 3. The second-order valence-corrected chi connectivity index (χ2v) is 8.45. The van der Waals surface area contributed by atoms with Gasteiger partial charge in [-0.25, -0.2) is 0 Å². The van der Waals surface area contributed by atoms with Crippen LogP contribution in [0.25, 0.3) is 0 Å². The molecule has 1 amide bonds. The van der Waals surface area contributed by atoms with Crippen molar-refractivity contribution in [3.8, 4) is 5.75 Å². The third kappa shape index (κ3) is 3.02. The highest BCUT2D eigenvalue weighted by atomic mass is 16.5. The van der Waals surface area contributed by atoms with Crippen molar-refractivity contribution in [2.75, 3.05) is 26.7 Å². The van der Waals surface area contributed by atoms with Gasteiger partial charge in [0, 0.05) is 43.9 Å². The number of rotatable bonds is 5. The fraction of sp³-hybridized carbons (Fsp3) is 0.522. The summed E-state index contributed by atoms with van der Waals surface area (Å²) in [6, 6.07) is 13.4. The molecule has 1 aromatic carbocycles. The molecule has 1 aromatic heterocycles. The molecule has 4 saturated heterocycles. The van der Waals surface area contributed by atoms with Gasteiger partial charge in [0.1, 0.15) is 5.75 Å². The third-order valence-corrected chi connectivity index (χ3v) is 7.11. The molecule has 0 aliphatic carbocycles. The van der Waals surface area contributed by atoms with E-state index in [1.54, 1.807) is 7.11 Å². The molecule has 0 unspecified atom stereocenters. The van der Waals surface area contributed by atoms with E-state index in [9.17, 15) is 4.79 Å². The minimum absolute atomic E-state index is 0.313. The molecular weight excluding hydrogens is 350 g/mol. The van der Waals surface area contributed by atoms with E-state index in [4.69, 9.17) is 4.74 Å². The highest BCUT2D eigenvalue weighted by molar-refractivity contribution is 5.77. The average molecular weight is 380 g/mol. The summed E-state index contributed by atoms with van der Waals surface area (Å²) in [6.45, 7) is 3.98. The van der Waals surface area contributed by atoms with Crippen molar-refractivity contribution >= 4 is 5.91 Å². The van der Waals surface area contributed by atoms with Crippen molar-refractivity contribution in [3.05, 3.63) is 54.4 Å². The van der Waals surface area contributed by atoms with Crippen molar-refractivity contribution in [2.24, 2.45) is 5.92 Å². The quantitative estimate of drug-likeness (QED) is 0.802. The van der Waals surface area contributed by atoms with Crippen LogP contribution in [-0.2, 0) is 11.3 Å². The predicted octanol–water partition coefficient (Wildman–Crippen LogP) is 2.98. The van der Waals surface area contributed by atoms with Crippen LogP contribution in [0.5, 0.6) is 5.75 Å². The van der Waals surface area contributed by atoms with Crippen LogP contribution in [0.1, 0.15) is 30.7 Å². The lowest BCUT2D eigenvalue weighted by atomic mass is 9.75. The Bertz CT molecular complexity index is 809. The lowest BCUT2D eigenvalue weighted by molar-refractivity contribution is -0.136. The van der Waals surface area contributed by atoms with Gasteiger partial charge in [-0.05, 0) is 61.7 Å². The summed E-state index contributed by atoms with van der Waals surface area (Å²) in [5, 5.41) is 0. The Balaban J connectivity index is 1.39. The second-order valence-electron chi connectivity index (χ2n) is 8.45. The molecule has 0 saturated carbocycles. The van der Waals surface area contributed by atoms with E-state index in [1.807, 2.05) is 24.5 Å². The fourth-order valence-electron chi connectivity index (χ4n) is 5.74. The Morgan fingerprint density at radius 3 is 2.46 bits per heavy atom. The summed E-state index contributed by atoms with van der Waals surface area (Å²) in [4.78, 5) is 18.1. The van der Waals surface area contributed by atoms with E-state index in [-0.39, 0.29) is 0 Å². The number of ether oxygens (including phenoxy) is 1. The molecule has 0 N–H and O–H groups in total. The monoisotopic (exact) mass is 379 g/mol. The van der Waals surface area contributed by atoms with Gasteiger partial charge < -0.3 is 14.2 Å². The van der Waals surface area contributed by atoms with Crippen LogP contribution in [0, 0.1) is 5.92 Å². The largest absolute Gasteiger partial charge is 0.497 e. The standard InChI is InChI=1S/C23H29N3O2/c1-28-19-6-4-17(5-7-19)20-16-26(21(27)10-13-24-11-2-3-12-24)22-18-8-14-25(15-9-18)23(20)22/h2-7,11-12,18,20,22-23H,8-10,13-16H2,1H3/t20-,22+,23+/m0/s1. The number of methoxy groups -OCH3 is 1. The molecule has 6 rings (SSSR count). The molecule has 5 heterocycles. The van der Waals surface area contributed by atoms with Crippen molar-refractivity contribution in [2.45, 2.75) is 43.8 Å². The van der Waals surface area contributed by atoms with Gasteiger partial charge in [-0.2, -0.15) is 0 Å². The molecule has 2 aromatic rings.